The van der Waals surface area contributed by atoms with Gasteiger partial charge >= 0.3 is 0 Å². The minimum Gasteiger partial charge on any atom is -0.310 e. The van der Waals surface area contributed by atoms with Crippen LogP contribution in [0.3, 0.4) is 0 Å². The minimum atomic E-state index is 0.807. The smallest absolute Gasteiger partial charge is 0.175 e. The fourth-order valence-corrected chi connectivity index (χ4v) is 4.14. The summed E-state index contributed by atoms with van der Waals surface area (Å²) in [7, 11) is 0. The van der Waals surface area contributed by atoms with Gasteiger partial charge in [-0.05, 0) is 18.9 Å². The molecule has 2 aromatic heterocycles. The molecule has 1 aliphatic rings. The third-order valence-corrected chi connectivity index (χ3v) is 5.27. The van der Waals surface area contributed by atoms with E-state index in [2.05, 4.69) is 26.9 Å². The number of halogens is 1. The molecule has 0 spiro atoms. The summed E-state index contributed by atoms with van der Waals surface area (Å²) in [5.41, 5.74) is 0. The van der Waals surface area contributed by atoms with E-state index in [1.165, 1.54) is 17.5 Å². The Kier molecular flexibility index (Phi) is 2.60. The van der Waals surface area contributed by atoms with E-state index < -0.39 is 0 Å². The van der Waals surface area contributed by atoms with Gasteiger partial charge in [0, 0.05) is 23.1 Å². The SMILES string of the molecule is Clc1c(-c2nnc3n2CCCC3)sc2ccccc12. The van der Waals surface area contributed by atoms with Crippen molar-refractivity contribution in [3.8, 4) is 10.7 Å². The fourth-order valence-electron chi connectivity index (χ4n) is 2.63. The first kappa shape index (κ1) is 11.4. The fraction of sp³-hybridized carbons (Fsp3) is 0.286. The second kappa shape index (κ2) is 4.32. The van der Waals surface area contributed by atoms with Gasteiger partial charge in [0.15, 0.2) is 5.82 Å². The molecule has 0 saturated carbocycles. The number of nitrogens with zero attached hydrogens (tertiary/aromatic N) is 3. The predicted octanol–water partition coefficient (Wildman–Crippen LogP) is 4.15. The molecule has 0 fully saturated rings. The van der Waals surface area contributed by atoms with Gasteiger partial charge in [-0.15, -0.1) is 21.5 Å². The zero-order valence-electron chi connectivity index (χ0n) is 10.3. The maximum Gasteiger partial charge on any atom is 0.175 e. The van der Waals surface area contributed by atoms with Crippen LogP contribution in [0.4, 0.5) is 0 Å². The highest BCUT2D eigenvalue weighted by atomic mass is 35.5. The van der Waals surface area contributed by atoms with E-state index in [9.17, 15) is 0 Å². The number of aryl methyl sites for hydroxylation is 1. The molecule has 3 nitrogen and oxygen atoms in total. The van der Waals surface area contributed by atoms with E-state index in [0.717, 1.165) is 39.9 Å². The second-order valence-corrected chi connectivity index (χ2v) is 6.22. The van der Waals surface area contributed by atoms with E-state index >= 15 is 0 Å². The van der Waals surface area contributed by atoms with Gasteiger partial charge in [0.05, 0.1) is 9.90 Å². The summed E-state index contributed by atoms with van der Waals surface area (Å²) in [6.45, 7) is 1.00. The second-order valence-electron chi connectivity index (χ2n) is 4.79. The first-order valence-electron chi connectivity index (χ1n) is 6.44. The predicted molar refractivity (Wildman–Crippen MR) is 78.8 cm³/mol. The summed E-state index contributed by atoms with van der Waals surface area (Å²) < 4.78 is 3.43. The lowest BCUT2D eigenvalue weighted by Crippen LogP contribution is -2.11. The molecule has 1 aromatic carbocycles. The van der Waals surface area contributed by atoms with Gasteiger partial charge in [-0.25, -0.2) is 0 Å². The maximum atomic E-state index is 6.52. The summed E-state index contributed by atoms with van der Waals surface area (Å²) in [6, 6.07) is 8.22. The van der Waals surface area contributed by atoms with Crippen molar-refractivity contribution in [2.24, 2.45) is 0 Å². The minimum absolute atomic E-state index is 0.807. The molecule has 19 heavy (non-hydrogen) atoms. The Balaban J connectivity index is 1.95. The molecule has 3 heterocycles. The Morgan fingerprint density at radius 1 is 1.16 bits per heavy atom. The first-order valence-corrected chi connectivity index (χ1v) is 7.63. The maximum absolute atomic E-state index is 6.52. The standard InChI is InChI=1S/C14H12ClN3S/c15-12-9-5-1-2-6-10(9)19-13(12)14-17-16-11-7-3-4-8-18(11)14/h1-2,5-6H,3-4,7-8H2. The van der Waals surface area contributed by atoms with E-state index in [0.29, 0.717) is 0 Å². The lowest BCUT2D eigenvalue weighted by Gasteiger charge is -2.14. The quantitative estimate of drug-likeness (QED) is 0.674. The molecule has 0 N–H and O–H groups in total. The molecule has 5 heteroatoms. The van der Waals surface area contributed by atoms with E-state index in [-0.39, 0.29) is 0 Å². The van der Waals surface area contributed by atoms with Gasteiger partial charge in [0.25, 0.3) is 0 Å². The van der Waals surface area contributed by atoms with Crippen LogP contribution in [0.15, 0.2) is 24.3 Å². The lowest BCUT2D eigenvalue weighted by atomic mass is 10.1. The zero-order valence-corrected chi connectivity index (χ0v) is 11.8. The van der Waals surface area contributed by atoms with Gasteiger partial charge in [-0.3, -0.25) is 0 Å². The Morgan fingerprint density at radius 2 is 2.05 bits per heavy atom. The average molecular weight is 290 g/mol. The van der Waals surface area contributed by atoms with Crippen molar-refractivity contribution in [1.82, 2.24) is 14.8 Å². The summed E-state index contributed by atoms with van der Waals surface area (Å²) in [6.07, 6.45) is 3.42. The van der Waals surface area contributed by atoms with Crippen molar-refractivity contribution in [3.05, 3.63) is 35.1 Å². The van der Waals surface area contributed by atoms with E-state index in [1.54, 1.807) is 11.3 Å². The van der Waals surface area contributed by atoms with Crippen LogP contribution in [0, 0.1) is 0 Å². The largest absolute Gasteiger partial charge is 0.310 e. The molecular formula is C14H12ClN3S. The number of hydrogen-bond acceptors (Lipinski definition) is 3. The molecule has 0 atom stereocenters. The van der Waals surface area contributed by atoms with Gasteiger partial charge in [0.2, 0.25) is 0 Å². The molecule has 0 saturated heterocycles. The summed E-state index contributed by atoms with van der Waals surface area (Å²) in [4.78, 5) is 1.04. The molecule has 0 amide bonds. The Labute approximate surface area is 119 Å². The first-order chi connectivity index (χ1) is 9.34. The number of hydrogen-bond donors (Lipinski definition) is 0. The van der Waals surface area contributed by atoms with Crippen LogP contribution in [0.5, 0.6) is 0 Å². The van der Waals surface area contributed by atoms with Crippen LogP contribution in [0.1, 0.15) is 18.7 Å². The van der Waals surface area contributed by atoms with Crippen LogP contribution in [0.2, 0.25) is 5.02 Å². The Bertz CT molecular complexity index is 759. The molecule has 4 rings (SSSR count). The molecule has 3 aromatic rings. The number of aromatic nitrogens is 3. The van der Waals surface area contributed by atoms with Crippen LogP contribution >= 0.6 is 22.9 Å². The van der Waals surface area contributed by atoms with Crippen LogP contribution in [0.25, 0.3) is 20.8 Å². The highest BCUT2D eigenvalue weighted by Crippen LogP contribution is 2.41. The summed E-state index contributed by atoms with van der Waals surface area (Å²) >= 11 is 8.22. The lowest BCUT2D eigenvalue weighted by molar-refractivity contribution is 0.526. The Hall–Kier alpha value is -1.39. The highest BCUT2D eigenvalue weighted by Gasteiger charge is 2.21. The monoisotopic (exact) mass is 289 g/mol. The third-order valence-electron chi connectivity index (χ3n) is 3.60. The topological polar surface area (TPSA) is 30.7 Å². The molecule has 0 radical (unpaired) electrons. The number of benzene rings is 1. The van der Waals surface area contributed by atoms with Crippen molar-refractivity contribution in [2.75, 3.05) is 0 Å². The molecular weight excluding hydrogens is 278 g/mol. The van der Waals surface area contributed by atoms with Gasteiger partial charge in [0.1, 0.15) is 5.82 Å². The number of fused-ring (bicyclic) bond motifs is 2. The number of thiophene rings is 1. The third kappa shape index (κ3) is 1.70. The van der Waals surface area contributed by atoms with Crippen molar-refractivity contribution >= 4 is 33.0 Å². The van der Waals surface area contributed by atoms with E-state index in [1.807, 2.05) is 12.1 Å². The molecule has 0 aliphatic carbocycles. The van der Waals surface area contributed by atoms with Crippen molar-refractivity contribution < 1.29 is 0 Å². The average Bonchev–Trinajstić information content (AvgIpc) is 3.01. The highest BCUT2D eigenvalue weighted by molar-refractivity contribution is 7.23. The summed E-state index contributed by atoms with van der Waals surface area (Å²) in [5, 5.41) is 10.6. The van der Waals surface area contributed by atoms with Gasteiger partial charge < -0.3 is 4.57 Å². The molecule has 1 aliphatic heterocycles. The van der Waals surface area contributed by atoms with Gasteiger partial charge in [-0.2, -0.15) is 0 Å². The van der Waals surface area contributed by atoms with Gasteiger partial charge in [-0.1, -0.05) is 29.8 Å². The summed E-state index contributed by atoms with van der Waals surface area (Å²) in [5.74, 6) is 2.02. The van der Waals surface area contributed by atoms with E-state index in [4.69, 9.17) is 11.6 Å². The van der Waals surface area contributed by atoms with Crippen LogP contribution < -0.4 is 0 Å². The van der Waals surface area contributed by atoms with Crippen molar-refractivity contribution in [1.29, 1.82) is 0 Å². The molecule has 0 unspecified atom stereocenters. The number of rotatable bonds is 1. The van der Waals surface area contributed by atoms with Crippen LogP contribution in [-0.4, -0.2) is 14.8 Å². The zero-order chi connectivity index (χ0) is 12.8. The Morgan fingerprint density at radius 3 is 2.95 bits per heavy atom. The van der Waals surface area contributed by atoms with Crippen LogP contribution in [-0.2, 0) is 13.0 Å². The molecule has 0 bridgehead atoms. The van der Waals surface area contributed by atoms with Crippen molar-refractivity contribution in [2.45, 2.75) is 25.8 Å². The van der Waals surface area contributed by atoms with Crippen molar-refractivity contribution in [3.63, 3.8) is 0 Å². The molecule has 96 valence electrons. The normalized spacial score (nSPS) is 14.8.